The standard InChI is InChI=1S/C27H29N3O2/c28-24-13-12-21(32-20-8-2-3-9-20)17-23(24)26-16-19(14-15-29-26)27(31)30-25-11-5-7-18-6-1-4-10-22(18)25/h1,4,6,10,12-17,20,25H,2-3,5,7-9,11,28H2,(H,30,31). The van der Waals surface area contributed by atoms with Gasteiger partial charge < -0.3 is 15.8 Å². The molecule has 3 aromatic rings. The van der Waals surface area contributed by atoms with Gasteiger partial charge in [0.2, 0.25) is 0 Å². The number of nitrogens with zero attached hydrogens (tertiary/aromatic N) is 1. The molecule has 0 aliphatic heterocycles. The van der Waals surface area contributed by atoms with Gasteiger partial charge in [0.1, 0.15) is 5.75 Å². The Morgan fingerprint density at radius 2 is 1.84 bits per heavy atom. The first kappa shape index (κ1) is 20.6. The van der Waals surface area contributed by atoms with E-state index >= 15 is 0 Å². The van der Waals surface area contributed by atoms with E-state index in [1.54, 1.807) is 12.3 Å². The molecule has 5 rings (SSSR count). The number of amides is 1. The zero-order chi connectivity index (χ0) is 21.9. The van der Waals surface area contributed by atoms with E-state index < -0.39 is 0 Å². The van der Waals surface area contributed by atoms with Crippen LogP contribution in [0.25, 0.3) is 11.3 Å². The molecule has 0 spiro atoms. The number of fused-ring (bicyclic) bond motifs is 1. The minimum absolute atomic E-state index is 0.0391. The second-order valence-corrected chi connectivity index (χ2v) is 8.82. The molecule has 32 heavy (non-hydrogen) atoms. The van der Waals surface area contributed by atoms with Crippen LogP contribution < -0.4 is 15.8 Å². The van der Waals surface area contributed by atoms with Crippen LogP contribution in [-0.2, 0) is 6.42 Å². The normalized spacial score (nSPS) is 18.2. The van der Waals surface area contributed by atoms with Crippen LogP contribution in [0.4, 0.5) is 5.69 Å². The fourth-order valence-electron chi connectivity index (χ4n) is 4.89. The van der Waals surface area contributed by atoms with Crippen LogP contribution in [0.15, 0.2) is 60.8 Å². The number of carbonyl (C=O) groups is 1. The summed E-state index contributed by atoms with van der Waals surface area (Å²) in [5, 5.41) is 3.22. The van der Waals surface area contributed by atoms with Gasteiger partial charge in [0.05, 0.1) is 17.8 Å². The average molecular weight is 428 g/mol. The van der Waals surface area contributed by atoms with Crippen molar-refractivity contribution in [2.45, 2.75) is 57.1 Å². The van der Waals surface area contributed by atoms with Gasteiger partial charge in [-0.3, -0.25) is 9.78 Å². The molecular weight excluding hydrogens is 398 g/mol. The van der Waals surface area contributed by atoms with E-state index in [1.165, 1.54) is 24.0 Å². The average Bonchev–Trinajstić information content (AvgIpc) is 3.34. The summed E-state index contributed by atoms with van der Waals surface area (Å²) in [6.45, 7) is 0. The highest BCUT2D eigenvalue weighted by Crippen LogP contribution is 2.32. The van der Waals surface area contributed by atoms with Gasteiger partial charge in [-0.2, -0.15) is 0 Å². The highest BCUT2D eigenvalue weighted by atomic mass is 16.5. The first-order chi connectivity index (χ1) is 15.7. The van der Waals surface area contributed by atoms with Crippen LogP contribution in [0, 0.1) is 0 Å². The molecule has 1 amide bonds. The molecule has 1 aromatic heterocycles. The lowest BCUT2D eigenvalue weighted by molar-refractivity contribution is 0.0932. The monoisotopic (exact) mass is 427 g/mol. The Kier molecular flexibility index (Phi) is 5.80. The SMILES string of the molecule is Nc1ccc(OC2CCCC2)cc1-c1cc(C(=O)NC2CCCc3ccccc32)ccn1. The number of nitrogen functional groups attached to an aromatic ring is 1. The van der Waals surface area contributed by atoms with Gasteiger partial charge in [0.15, 0.2) is 0 Å². The summed E-state index contributed by atoms with van der Waals surface area (Å²) in [5.74, 6) is 0.712. The molecule has 1 heterocycles. The Hall–Kier alpha value is -3.34. The Balaban J connectivity index is 1.36. The predicted octanol–water partition coefficient (Wildman–Crippen LogP) is 5.46. The van der Waals surface area contributed by atoms with E-state index in [9.17, 15) is 4.79 Å². The summed E-state index contributed by atoms with van der Waals surface area (Å²) in [4.78, 5) is 17.6. The summed E-state index contributed by atoms with van der Waals surface area (Å²) in [7, 11) is 0. The zero-order valence-electron chi connectivity index (χ0n) is 18.2. The number of nitrogens with one attached hydrogen (secondary N) is 1. The molecule has 2 aliphatic rings. The second-order valence-electron chi connectivity index (χ2n) is 8.82. The van der Waals surface area contributed by atoms with Crippen LogP contribution >= 0.6 is 0 Å². The number of hydrogen-bond acceptors (Lipinski definition) is 4. The quantitative estimate of drug-likeness (QED) is 0.530. The van der Waals surface area contributed by atoms with E-state index in [0.717, 1.165) is 43.4 Å². The van der Waals surface area contributed by atoms with Crippen LogP contribution in [0.3, 0.4) is 0 Å². The maximum absolute atomic E-state index is 13.1. The number of pyridine rings is 1. The molecule has 1 fully saturated rings. The van der Waals surface area contributed by atoms with Crippen molar-refractivity contribution in [3.63, 3.8) is 0 Å². The van der Waals surface area contributed by atoms with Gasteiger partial charge in [-0.25, -0.2) is 0 Å². The maximum Gasteiger partial charge on any atom is 0.251 e. The van der Waals surface area contributed by atoms with Crippen molar-refractivity contribution in [2.75, 3.05) is 5.73 Å². The molecular formula is C27H29N3O2. The number of benzene rings is 2. The molecule has 3 N–H and O–H groups in total. The summed E-state index contributed by atoms with van der Waals surface area (Å²) >= 11 is 0. The second kappa shape index (κ2) is 9.03. The van der Waals surface area contributed by atoms with Crippen molar-refractivity contribution < 1.29 is 9.53 Å². The minimum atomic E-state index is -0.0905. The lowest BCUT2D eigenvalue weighted by Gasteiger charge is -2.26. The number of aromatic nitrogens is 1. The zero-order valence-corrected chi connectivity index (χ0v) is 18.2. The van der Waals surface area contributed by atoms with Crippen molar-refractivity contribution >= 4 is 11.6 Å². The van der Waals surface area contributed by atoms with E-state index in [2.05, 4.69) is 28.5 Å². The fourth-order valence-corrected chi connectivity index (χ4v) is 4.89. The van der Waals surface area contributed by atoms with E-state index in [0.29, 0.717) is 16.9 Å². The van der Waals surface area contributed by atoms with Crippen molar-refractivity contribution in [3.8, 4) is 17.0 Å². The third-order valence-electron chi connectivity index (χ3n) is 6.60. The molecule has 0 saturated heterocycles. The van der Waals surface area contributed by atoms with Crippen LogP contribution in [0.5, 0.6) is 5.75 Å². The van der Waals surface area contributed by atoms with Crippen molar-refractivity contribution in [1.82, 2.24) is 10.3 Å². The number of aryl methyl sites for hydroxylation is 1. The Labute approximate surface area is 189 Å². The van der Waals surface area contributed by atoms with Gasteiger partial charge in [-0.05, 0) is 86.4 Å². The molecule has 0 bridgehead atoms. The number of ether oxygens (including phenoxy) is 1. The Morgan fingerprint density at radius 3 is 2.72 bits per heavy atom. The predicted molar refractivity (Wildman–Crippen MR) is 127 cm³/mol. The molecule has 5 nitrogen and oxygen atoms in total. The largest absolute Gasteiger partial charge is 0.490 e. The number of hydrogen-bond donors (Lipinski definition) is 2. The van der Waals surface area contributed by atoms with Crippen molar-refractivity contribution in [2.24, 2.45) is 0 Å². The smallest absolute Gasteiger partial charge is 0.251 e. The molecule has 164 valence electrons. The third kappa shape index (κ3) is 4.33. The fraction of sp³-hybridized carbons (Fsp3) is 0.333. The van der Waals surface area contributed by atoms with Crippen molar-refractivity contribution in [1.29, 1.82) is 0 Å². The van der Waals surface area contributed by atoms with E-state index in [1.807, 2.05) is 30.3 Å². The van der Waals surface area contributed by atoms with Gasteiger partial charge in [0.25, 0.3) is 5.91 Å². The molecule has 1 saturated carbocycles. The number of carbonyl (C=O) groups excluding carboxylic acids is 1. The lowest BCUT2D eigenvalue weighted by Crippen LogP contribution is -2.31. The van der Waals surface area contributed by atoms with Crippen LogP contribution in [-0.4, -0.2) is 17.0 Å². The number of anilines is 1. The molecule has 2 aliphatic carbocycles. The third-order valence-corrected chi connectivity index (χ3v) is 6.60. The van der Waals surface area contributed by atoms with Gasteiger partial charge in [-0.15, -0.1) is 0 Å². The van der Waals surface area contributed by atoms with Gasteiger partial charge in [-0.1, -0.05) is 24.3 Å². The Morgan fingerprint density at radius 1 is 1.00 bits per heavy atom. The van der Waals surface area contributed by atoms with Gasteiger partial charge in [0, 0.05) is 23.0 Å². The summed E-state index contributed by atoms with van der Waals surface area (Å²) in [5.41, 5.74) is 11.5. The van der Waals surface area contributed by atoms with Crippen LogP contribution in [0.2, 0.25) is 0 Å². The molecule has 1 atom stereocenters. The van der Waals surface area contributed by atoms with Crippen LogP contribution in [0.1, 0.15) is 66.1 Å². The lowest BCUT2D eigenvalue weighted by atomic mass is 9.87. The molecule has 5 heteroatoms. The van der Waals surface area contributed by atoms with Gasteiger partial charge >= 0.3 is 0 Å². The van der Waals surface area contributed by atoms with Crippen molar-refractivity contribution in [3.05, 3.63) is 77.5 Å². The molecule has 0 radical (unpaired) electrons. The first-order valence-electron chi connectivity index (χ1n) is 11.6. The van der Waals surface area contributed by atoms with E-state index in [4.69, 9.17) is 10.5 Å². The highest BCUT2D eigenvalue weighted by Gasteiger charge is 2.22. The number of nitrogens with two attached hydrogens (primary N) is 1. The topological polar surface area (TPSA) is 77.2 Å². The number of rotatable bonds is 5. The molecule has 1 unspecified atom stereocenters. The van der Waals surface area contributed by atoms with E-state index in [-0.39, 0.29) is 18.1 Å². The summed E-state index contributed by atoms with van der Waals surface area (Å²) < 4.78 is 6.14. The Bertz CT molecular complexity index is 1120. The summed E-state index contributed by atoms with van der Waals surface area (Å²) in [6, 6.07) is 17.7. The molecule has 2 aromatic carbocycles. The maximum atomic E-state index is 13.1. The summed E-state index contributed by atoms with van der Waals surface area (Å²) in [6.07, 6.45) is 9.67. The highest BCUT2D eigenvalue weighted by molar-refractivity contribution is 5.95. The minimum Gasteiger partial charge on any atom is -0.490 e. The first-order valence-corrected chi connectivity index (χ1v) is 11.6.